The van der Waals surface area contributed by atoms with E-state index in [0.29, 0.717) is 0 Å². The van der Waals surface area contributed by atoms with E-state index in [1.54, 1.807) is 0 Å². The Labute approximate surface area is 811 Å². The Morgan fingerprint density at radius 2 is 0.269 bits per heavy atom. The Hall–Kier alpha value is -11.0. The van der Waals surface area contributed by atoms with Crippen molar-refractivity contribution in [2.24, 2.45) is 0 Å². The molecule has 4 aromatic heterocycles. The summed E-state index contributed by atoms with van der Waals surface area (Å²) in [5.41, 5.74) is 40.6. The van der Waals surface area contributed by atoms with Crippen LogP contribution in [0.2, 0.25) is 0 Å². The van der Waals surface area contributed by atoms with Crippen molar-refractivity contribution in [1.82, 2.24) is 18.3 Å². The molecule has 4 heterocycles. The fourth-order valence-electron chi connectivity index (χ4n) is 15.7. The second-order valence-corrected chi connectivity index (χ2v) is 28.7. The van der Waals surface area contributed by atoms with Crippen molar-refractivity contribution in [3.05, 3.63) is 399 Å². The molecule has 0 aliphatic heterocycles. The van der Waals surface area contributed by atoms with Gasteiger partial charge in [-0.2, -0.15) is 0 Å². The molecule has 0 bridgehead atoms. The SMILES string of the molecule is C1CCCCC1.Cc1cc(C)c(-n2[c-][n+](-c3c(C)cc(C)cc3C)cc2)c(C)c1.Cc1cc(C)c(-n2[c-][n+](-c3c(C)cc(C)cc3C)cc2)c(C)c1.Cc1cc(C)c(-n2[c-][n+](-c3c(C)cc(C)cc3C)cc2)c(C)c1.Cc1cc(C)c(-n2[c-][n+](-c3c(C)cc(C)cc3C)cc2)c(C)c1.[C-]#[O+].[C-]#[O+].[C-]#[O+].[C-]#[O+].[C-]#[O+].[C-]#[O+].[C-]#[O+].[C-]#[O+].[C-]#[O+].[C-]#[O+].[C-]#[O+].[C-]#[O+].[C-]#[O+].[C-]#[O+].[Co].[Co].[Co].[Co]. The van der Waals surface area contributed by atoms with Gasteiger partial charge < -0.3 is 0 Å². The van der Waals surface area contributed by atoms with Crippen LogP contribution in [0.15, 0.2) is 147 Å². The van der Waals surface area contributed by atoms with Crippen molar-refractivity contribution in [2.45, 2.75) is 205 Å². The number of nitrogens with zero attached hydrogens (tertiary/aromatic N) is 8. The zero-order valence-electron chi connectivity index (χ0n) is 77.7. The van der Waals surface area contributed by atoms with Crippen molar-refractivity contribution in [1.29, 1.82) is 0 Å². The van der Waals surface area contributed by atoms with Crippen LogP contribution in [0.1, 0.15) is 172 Å². The second-order valence-electron chi connectivity index (χ2n) is 28.7. The molecule has 12 aromatic rings. The minimum atomic E-state index is 0. The minimum absolute atomic E-state index is 0. The maximum atomic E-state index is 7.50. The van der Waals surface area contributed by atoms with E-state index in [2.05, 4.69) is 468 Å². The topological polar surface area (TPSA) is 314 Å². The van der Waals surface area contributed by atoms with Crippen molar-refractivity contribution in [3.8, 4) is 45.5 Å². The molecule has 684 valence electrons. The predicted octanol–water partition coefficient (Wildman–Crippen LogP) is 19.4. The molecule has 13 rings (SSSR count). The molecule has 4 radical (unpaired) electrons. The summed E-state index contributed by atoms with van der Waals surface area (Å²) in [6.45, 7) is 115. The van der Waals surface area contributed by atoms with Gasteiger partial charge in [0.05, 0.1) is 45.5 Å². The van der Waals surface area contributed by atoms with E-state index in [1.807, 2.05) is 0 Å². The van der Waals surface area contributed by atoms with Crippen LogP contribution in [0.25, 0.3) is 45.5 Å². The summed E-state index contributed by atoms with van der Waals surface area (Å²) in [5, 5.41) is 0. The van der Waals surface area contributed by atoms with E-state index in [4.69, 9.17) is 65.1 Å². The first-order valence-electron chi connectivity index (χ1n) is 38.1. The number of benzene rings is 8. The molecule has 8 aromatic carbocycles. The predicted molar refractivity (Wildman–Crippen MR) is 461 cm³/mol. The zero-order valence-corrected chi connectivity index (χ0v) is 81.9. The normalized spacial score (nSPS) is 9.14. The molecule has 1 fully saturated rings. The van der Waals surface area contributed by atoms with Gasteiger partial charge in [-0.1, -0.05) is 180 Å². The fourth-order valence-corrected chi connectivity index (χ4v) is 15.7. The molecule has 1 saturated carbocycles. The van der Waals surface area contributed by atoms with Crippen molar-refractivity contribution in [2.75, 3.05) is 0 Å². The average Bonchev–Trinajstić information content (AvgIpc) is 1.66. The average molecular weight is 1930 g/mol. The van der Waals surface area contributed by atoms with Gasteiger partial charge in [-0.05, 0) is 255 Å². The Morgan fingerprint density at radius 3 is 0.369 bits per heavy atom. The van der Waals surface area contributed by atoms with Gasteiger partial charge in [0.1, 0.15) is 0 Å². The van der Waals surface area contributed by atoms with E-state index < -0.39 is 0 Å². The van der Waals surface area contributed by atoms with Gasteiger partial charge in [0.2, 0.25) is 0 Å². The molecule has 0 N–H and O–H groups in total. The molecule has 0 spiro atoms. The maximum Gasteiger partial charge on any atom is 0 e. The standard InChI is InChI=1S/4C21H24N2.C6H12.14CO.4Co/c4*1-14-9-16(3)20(17(4)10-14)22-7-8-23(13-22)21-18(5)11-15(2)12-19(21)6;1-2-4-6-5-3-1;14*1-2;;;;/h4*7-12H,1-6H3;1-6H2;;;;;;;;;;;;;;;;;;. The molecule has 26 heteroatoms. The first-order chi connectivity index (χ1) is 60.5. The van der Waals surface area contributed by atoms with Gasteiger partial charge in [-0.25, -0.2) is 0 Å². The fraction of sp³-hybridized carbons (Fsp3) is 0.288. The number of aryl methyl sites for hydroxylation is 24. The van der Waals surface area contributed by atoms with Crippen LogP contribution in [0, 0.1) is 285 Å². The summed E-state index contributed by atoms with van der Waals surface area (Å²) in [6, 6.07) is 35.6. The van der Waals surface area contributed by atoms with E-state index >= 15 is 0 Å². The molecular formula is C104H108Co4N8O14. The monoisotopic (exact) mass is 1930 g/mol. The number of hydrogen-bond acceptors (Lipinski definition) is 0. The number of rotatable bonds is 8. The van der Waals surface area contributed by atoms with Gasteiger partial charge in [0.25, 0.3) is 25.3 Å². The zero-order chi connectivity index (χ0) is 99.1. The van der Waals surface area contributed by atoms with E-state index in [0.717, 1.165) is 0 Å². The molecule has 130 heavy (non-hydrogen) atoms. The Bertz CT molecular complexity index is 4450. The molecule has 0 amide bonds. The molecule has 22 nitrogen and oxygen atoms in total. The van der Waals surface area contributed by atoms with Crippen LogP contribution in [0.5, 0.6) is 0 Å². The summed E-state index contributed by atoms with van der Waals surface area (Å²) in [5.74, 6) is 0. The summed E-state index contributed by atoms with van der Waals surface area (Å²) in [6.07, 6.45) is 39.6. The van der Waals surface area contributed by atoms with Gasteiger partial charge in [-0.15, -0.1) is 0 Å². The van der Waals surface area contributed by atoms with Crippen LogP contribution >= 0.6 is 0 Å². The van der Waals surface area contributed by atoms with E-state index in [-0.39, 0.29) is 67.1 Å². The van der Waals surface area contributed by atoms with Crippen molar-refractivity contribution < 1.29 is 151 Å². The molecule has 0 atom stereocenters. The van der Waals surface area contributed by atoms with Crippen LogP contribution in [-0.4, -0.2) is 18.3 Å². The number of hydrogen-bond donors (Lipinski definition) is 0. The smallest absolute Gasteiger partial charge is 0 e. The molecular weight excluding hydrogens is 1820 g/mol. The summed E-state index contributed by atoms with van der Waals surface area (Å²) in [7, 11) is 0. The summed E-state index contributed by atoms with van der Waals surface area (Å²) < 4.78 is 122. The number of imidazole rings is 4. The first-order valence-corrected chi connectivity index (χ1v) is 38.1. The van der Waals surface area contributed by atoms with Crippen LogP contribution in [0.3, 0.4) is 0 Å². The summed E-state index contributed by atoms with van der Waals surface area (Å²) in [4.78, 5) is 0. The van der Waals surface area contributed by atoms with E-state index in [9.17, 15) is 0 Å². The Morgan fingerprint density at radius 1 is 0.177 bits per heavy atom. The third kappa shape index (κ3) is 43.1. The van der Waals surface area contributed by atoms with Gasteiger partial charge >= 0.3 is 158 Å². The molecule has 1 aliphatic rings. The van der Waals surface area contributed by atoms with Crippen molar-refractivity contribution >= 4 is 0 Å². The van der Waals surface area contributed by atoms with Crippen LogP contribution in [0.4, 0.5) is 0 Å². The van der Waals surface area contributed by atoms with Gasteiger partial charge in [0, 0.05) is 117 Å². The van der Waals surface area contributed by atoms with Crippen LogP contribution in [-0.2, 0) is 132 Å². The Kier molecular flexibility index (Phi) is 84.7. The third-order valence-corrected chi connectivity index (χ3v) is 18.8. The first kappa shape index (κ1) is 139. The molecule has 0 unspecified atom stereocenters. The third-order valence-electron chi connectivity index (χ3n) is 18.8. The second kappa shape index (κ2) is 79.0. The largest absolute Gasteiger partial charge is 0 e. The van der Waals surface area contributed by atoms with E-state index in [1.165, 1.54) is 218 Å². The Balaban J connectivity index is -0.000000164. The summed E-state index contributed by atoms with van der Waals surface area (Å²) >= 11 is 0. The number of aromatic nitrogens is 8. The minimum Gasteiger partial charge on any atom is 0 e. The molecule has 0 saturated heterocycles. The quantitative estimate of drug-likeness (QED) is 0.0778. The van der Waals surface area contributed by atoms with Crippen molar-refractivity contribution in [3.63, 3.8) is 0 Å². The maximum absolute atomic E-state index is 7.50. The van der Waals surface area contributed by atoms with Gasteiger partial charge in [-0.3, -0.25) is 36.5 Å². The van der Waals surface area contributed by atoms with Crippen LogP contribution < -0.4 is 18.3 Å². The van der Waals surface area contributed by atoms with Gasteiger partial charge in [0.15, 0.2) is 0 Å². The molecule has 1 aliphatic carbocycles.